The van der Waals surface area contributed by atoms with E-state index in [1.54, 1.807) is 18.2 Å². The zero-order valence-electron chi connectivity index (χ0n) is 18.0. The van der Waals surface area contributed by atoms with Crippen LogP contribution in [0.5, 0.6) is 17.2 Å². The van der Waals surface area contributed by atoms with Gasteiger partial charge in [0.05, 0.1) is 19.8 Å². The Morgan fingerprint density at radius 1 is 0.862 bits per heavy atom. The van der Waals surface area contributed by atoms with Crippen molar-refractivity contribution in [1.82, 2.24) is 0 Å². The van der Waals surface area contributed by atoms with Crippen LogP contribution in [0.15, 0.2) is 42.5 Å². The molecule has 0 amide bonds. The second-order valence-electron chi connectivity index (χ2n) is 6.68. The van der Waals surface area contributed by atoms with Crippen LogP contribution >= 0.6 is 0 Å². The Morgan fingerprint density at radius 2 is 1.55 bits per heavy atom. The van der Waals surface area contributed by atoms with E-state index in [9.17, 15) is 4.79 Å². The quantitative estimate of drug-likeness (QED) is 0.320. The molecule has 2 rings (SSSR count). The summed E-state index contributed by atoms with van der Waals surface area (Å²) in [6.07, 6.45) is 6.30. The fourth-order valence-corrected chi connectivity index (χ4v) is 2.99. The molecule has 0 unspecified atom stereocenters. The van der Waals surface area contributed by atoms with E-state index < -0.39 is 0 Å². The number of aryl methyl sites for hydroxylation is 1. The molecule has 0 saturated carbocycles. The highest BCUT2D eigenvalue weighted by Crippen LogP contribution is 2.31. The van der Waals surface area contributed by atoms with Gasteiger partial charge in [0.25, 0.3) is 0 Å². The van der Waals surface area contributed by atoms with Crippen molar-refractivity contribution in [3.8, 4) is 17.2 Å². The highest BCUT2D eigenvalue weighted by atomic mass is 16.5. The lowest BCUT2D eigenvalue weighted by atomic mass is 10.0. The van der Waals surface area contributed by atoms with Gasteiger partial charge in [-0.25, -0.2) is 0 Å². The van der Waals surface area contributed by atoms with Crippen molar-refractivity contribution in [3.05, 3.63) is 59.2 Å². The van der Waals surface area contributed by atoms with E-state index in [0.29, 0.717) is 25.4 Å². The molecule has 0 fully saturated rings. The van der Waals surface area contributed by atoms with E-state index in [-0.39, 0.29) is 5.78 Å². The molecule has 0 aliphatic heterocycles. The molecule has 156 valence electrons. The van der Waals surface area contributed by atoms with Crippen molar-refractivity contribution in [3.63, 3.8) is 0 Å². The van der Waals surface area contributed by atoms with Gasteiger partial charge in [-0.2, -0.15) is 0 Å². The van der Waals surface area contributed by atoms with Crippen LogP contribution in [0, 0.1) is 0 Å². The fraction of sp³-hybridized carbons (Fsp3) is 0.400. The number of benzene rings is 2. The summed E-state index contributed by atoms with van der Waals surface area (Å²) in [7, 11) is 0. The third-order valence-corrected chi connectivity index (χ3v) is 4.34. The molecule has 0 spiro atoms. The lowest BCUT2D eigenvalue weighted by Crippen LogP contribution is -2.01. The van der Waals surface area contributed by atoms with Crippen molar-refractivity contribution >= 4 is 11.9 Å². The highest BCUT2D eigenvalue weighted by molar-refractivity contribution is 6.07. The van der Waals surface area contributed by atoms with E-state index in [1.807, 2.05) is 38.1 Å². The number of rotatable bonds is 12. The van der Waals surface area contributed by atoms with Gasteiger partial charge in [-0.05, 0) is 74.7 Å². The zero-order valence-corrected chi connectivity index (χ0v) is 18.0. The van der Waals surface area contributed by atoms with Gasteiger partial charge in [0.1, 0.15) is 17.2 Å². The SMILES string of the molecule is CCCOc1ccc(C(=O)/C=C/c2cc(CCC)c(OCC)cc2OCC)cc1. The largest absolute Gasteiger partial charge is 0.494 e. The van der Waals surface area contributed by atoms with E-state index in [4.69, 9.17) is 14.2 Å². The van der Waals surface area contributed by atoms with Gasteiger partial charge >= 0.3 is 0 Å². The first-order valence-electron chi connectivity index (χ1n) is 10.5. The summed E-state index contributed by atoms with van der Waals surface area (Å²) in [6.45, 7) is 9.94. The molecule has 0 N–H and O–H groups in total. The molecular weight excluding hydrogens is 364 g/mol. The molecule has 4 heteroatoms. The summed E-state index contributed by atoms with van der Waals surface area (Å²) < 4.78 is 17.1. The van der Waals surface area contributed by atoms with E-state index in [1.165, 1.54) is 0 Å². The van der Waals surface area contributed by atoms with Gasteiger partial charge in [-0.1, -0.05) is 20.3 Å². The molecule has 4 nitrogen and oxygen atoms in total. The number of carbonyl (C=O) groups excluding carboxylic acids is 1. The predicted molar refractivity (Wildman–Crippen MR) is 118 cm³/mol. The van der Waals surface area contributed by atoms with Crippen LogP contribution in [0.2, 0.25) is 0 Å². The van der Waals surface area contributed by atoms with Gasteiger partial charge in [-0.15, -0.1) is 0 Å². The maximum absolute atomic E-state index is 12.6. The number of hydrogen-bond acceptors (Lipinski definition) is 4. The number of hydrogen-bond donors (Lipinski definition) is 0. The van der Waals surface area contributed by atoms with Crippen molar-refractivity contribution in [2.24, 2.45) is 0 Å². The zero-order chi connectivity index (χ0) is 21.1. The van der Waals surface area contributed by atoms with Crippen LogP contribution in [-0.2, 0) is 6.42 Å². The summed E-state index contributed by atoms with van der Waals surface area (Å²) in [6, 6.07) is 11.2. The minimum absolute atomic E-state index is 0.0552. The smallest absolute Gasteiger partial charge is 0.185 e. The first-order chi connectivity index (χ1) is 14.1. The third kappa shape index (κ3) is 6.67. The second kappa shape index (κ2) is 11.9. The van der Waals surface area contributed by atoms with E-state index >= 15 is 0 Å². The summed E-state index contributed by atoms with van der Waals surface area (Å²) in [4.78, 5) is 12.6. The Bertz CT molecular complexity index is 806. The lowest BCUT2D eigenvalue weighted by molar-refractivity contribution is 0.104. The molecule has 0 aliphatic carbocycles. The average Bonchev–Trinajstić information content (AvgIpc) is 2.73. The molecule has 2 aromatic rings. The number of ether oxygens (including phenoxy) is 3. The Morgan fingerprint density at radius 3 is 2.17 bits per heavy atom. The molecule has 0 aliphatic rings. The van der Waals surface area contributed by atoms with Crippen LogP contribution in [0.25, 0.3) is 6.08 Å². The van der Waals surface area contributed by atoms with Crippen LogP contribution in [0.1, 0.15) is 62.0 Å². The summed E-state index contributed by atoms with van der Waals surface area (Å²) in [5.74, 6) is 2.30. The fourth-order valence-electron chi connectivity index (χ4n) is 2.99. The molecule has 0 heterocycles. The van der Waals surface area contributed by atoms with Crippen LogP contribution < -0.4 is 14.2 Å². The van der Waals surface area contributed by atoms with Crippen LogP contribution in [0.4, 0.5) is 0 Å². The van der Waals surface area contributed by atoms with Crippen molar-refractivity contribution < 1.29 is 19.0 Å². The van der Waals surface area contributed by atoms with E-state index in [2.05, 4.69) is 19.9 Å². The van der Waals surface area contributed by atoms with Crippen molar-refractivity contribution in [2.75, 3.05) is 19.8 Å². The van der Waals surface area contributed by atoms with Gasteiger partial charge in [0, 0.05) is 17.2 Å². The molecular formula is C25H32O4. The molecule has 0 saturated heterocycles. The number of ketones is 1. The molecule has 2 aromatic carbocycles. The highest BCUT2D eigenvalue weighted by Gasteiger charge is 2.11. The summed E-state index contributed by atoms with van der Waals surface area (Å²) in [5, 5.41) is 0. The first kappa shape index (κ1) is 22.5. The minimum Gasteiger partial charge on any atom is -0.494 e. The molecule has 0 aromatic heterocycles. The standard InChI is InChI=1S/C25H32O4/c1-5-9-20-17-21(25(28-8-4)18-24(20)27-7-3)12-15-23(26)19-10-13-22(14-11-19)29-16-6-2/h10-15,17-18H,5-9,16H2,1-4H3/b15-12+. The Balaban J connectivity index is 2.24. The van der Waals surface area contributed by atoms with Crippen molar-refractivity contribution in [1.29, 1.82) is 0 Å². The van der Waals surface area contributed by atoms with Crippen molar-refractivity contribution in [2.45, 2.75) is 47.0 Å². The molecule has 29 heavy (non-hydrogen) atoms. The maximum atomic E-state index is 12.6. The van der Waals surface area contributed by atoms with Gasteiger partial charge in [-0.3, -0.25) is 4.79 Å². The Labute approximate surface area is 174 Å². The number of carbonyl (C=O) groups is 1. The maximum Gasteiger partial charge on any atom is 0.185 e. The third-order valence-electron chi connectivity index (χ3n) is 4.34. The first-order valence-corrected chi connectivity index (χ1v) is 10.5. The monoisotopic (exact) mass is 396 g/mol. The second-order valence-corrected chi connectivity index (χ2v) is 6.68. The molecule has 0 radical (unpaired) electrons. The Hall–Kier alpha value is -2.75. The number of allylic oxidation sites excluding steroid dienone is 1. The molecule has 0 bridgehead atoms. The lowest BCUT2D eigenvalue weighted by Gasteiger charge is -2.15. The van der Waals surface area contributed by atoms with Gasteiger partial charge < -0.3 is 14.2 Å². The van der Waals surface area contributed by atoms with Gasteiger partial charge in [0.2, 0.25) is 0 Å². The van der Waals surface area contributed by atoms with E-state index in [0.717, 1.165) is 47.6 Å². The molecule has 0 atom stereocenters. The normalized spacial score (nSPS) is 10.9. The minimum atomic E-state index is -0.0552. The van der Waals surface area contributed by atoms with Crippen LogP contribution in [0.3, 0.4) is 0 Å². The summed E-state index contributed by atoms with van der Waals surface area (Å²) >= 11 is 0. The summed E-state index contributed by atoms with van der Waals surface area (Å²) in [5.41, 5.74) is 2.64. The Kier molecular flexibility index (Phi) is 9.29. The average molecular weight is 397 g/mol. The topological polar surface area (TPSA) is 44.8 Å². The predicted octanol–water partition coefficient (Wildman–Crippen LogP) is 6.12. The van der Waals surface area contributed by atoms with Gasteiger partial charge in [0.15, 0.2) is 5.78 Å². The van der Waals surface area contributed by atoms with Crippen LogP contribution in [-0.4, -0.2) is 25.6 Å².